The second-order valence-corrected chi connectivity index (χ2v) is 11.6. The van der Waals surface area contributed by atoms with Crippen LogP contribution in [-0.2, 0) is 0 Å². The van der Waals surface area contributed by atoms with Gasteiger partial charge in [-0.15, -0.1) is 22.9 Å². The first-order chi connectivity index (χ1) is 9.73. The maximum absolute atomic E-state index is 7.07. The zero-order chi connectivity index (χ0) is 15.0. The SMILES string of the molecule is CC12CC3CC(C)(C1)CC(C(Cl)c1cc(Br)c(Cl)s1)(C3)C2. The predicted octanol–water partition coefficient (Wildman–Crippen LogP) is 7.44. The Kier molecular flexibility index (Phi) is 3.39. The third-order valence-corrected chi connectivity index (χ3v) is 9.49. The fourth-order valence-electron chi connectivity index (χ4n) is 6.61. The Labute approximate surface area is 149 Å². The summed E-state index contributed by atoms with van der Waals surface area (Å²) in [5.41, 5.74) is 1.32. The summed E-state index contributed by atoms with van der Waals surface area (Å²) in [6, 6.07) is 2.15. The number of thiophene rings is 1. The molecule has 0 N–H and O–H groups in total. The van der Waals surface area contributed by atoms with Crippen LogP contribution in [-0.4, -0.2) is 0 Å². The Morgan fingerprint density at radius 1 is 1.19 bits per heavy atom. The molecule has 1 aromatic heterocycles. The van der Waals surface area contributed by atoms with E-state index in [1.165, 1.54) is 43.4 Å². The van der Waals surface area contributed by atoms with E-state index >= 15 is 0 Å². The van der Waals surface area contributed by atoms with Gasteiger partial charge in [0.05, 0.1) is 5.38 Å². The average Bonchev–Trinajstić information content (AvgIpc) is 2.64. The molecule has 4 bridgehead atoms. The zero-order valence-electron chi connectivity index (χ0n) is 12.5. The molecule has 0 spiro atoms. The van der Waals surface area contributed by atoms with Crippen molar-refractivity contribution in [2.24, 2.45) is 22.2 Å². The van der Waals surface area contributed by atoms with Crippen molar-refractivity contribution in [3.8, 4) is 0 Å². The molecule has 0 radical (unpaired) electrons. The summed E-state index contributed by atoms with van der Waals surface area (Å²) in [6.45, 7) is 5.01. The molecule has 3 unspecified atom stereocenters. The van der Waals surface area contributed by atoms with E-state index in [2.05, 4.69) is 35.8 Å². The maximum Gasteiger partial charge on any atom is 0.107 e. The van der Waals surface area contributed by atoms with Crippen molar-refractivity contribution < 1.29 is 0 Å². The second-order valence-electron chi connectivity index (χ2n) is 8.63. The molecule has 4 saturated carbocycles. The number of alkyl halides is 1. The Balaban J connectivity index is 1.73. The molecule has 1 aromatic rings. The minimum Gasteiger partial charge on any atom is -0.126 e. The third-order valence-electron chi connectivity index (χ3n) is 6.12. The van der Waals surface area contributed by atoms with Gasteiger partial charge in [0.25, 0.3) is 0 Å². The number of halogens is 3. The van der Waals surface area contributed by atoms with E-state index in [0.717, 1.165) is 14.7 Å². The summed E-state index contributed by atoms with van der Waals surface area (Å²) < 4.78 is 1.83. The fourth-order valence-corrected chi connectivity index (χ4v) is 8.91. The summed E-state index contributed by atoms with van der Waals surface area (Å²) in [5, 5.41) is 0.119. The van der Waals surface area contributed by atoms with Gasteiger partial charge < -0.3 is 0 Å². The monoisotopic (exact) mass is 406 g/mol. The van der Waals surface area contributed by atoms with E-state index in [9.17, 15) is 0 Å². The summed E-state index contributed by atoms with van der Waals surface area (Å²) in [6.07, 6.45) is 8.16. The highest BCUT2D eigenvalue weighted by atomic mass is 79.9. The zero-order valence-corrected chi connectivity index (χ0v) is 16.4. The first-order valence-electron chi connectivity index (χ1n) is 7.82. The maximum atomic E-state index is 7.07. The highest BCUT2D eigenvalue weighted by Crippen LogP contribution is 2.73. The lowest BCUT2D eigenvalue weighted by Gasteiger charge is -2.66. The van der Waals surface area contributed by atoms with Crippen LogP contribution < -0.4 is 0 Å². The fraction of sp³-hybridized carbons (Fsp3) is 0.765. The van der Waals surface area contributed by atoms with Gasteiger partial charge in [0.15, 0.2) is 0 Å². The van der Waals surface area contributed by atoms with Crippen LogP contribution in [0.5, 0.6) is 0 Å². The lowest BCUT2D eigenvalue weighted by molar-refractivity contribution is -0.146. The van der Waals surface area contributed by atoms with Crippen molar-refractivity contribution in [1.82, 2.24) is 0 Å². The van der Waals surface area contributed by atoms with Crippen LogP contribution >= 0.6 is 50.5 Å². The molecule has 4 heteroatoms. The molecule has 5 rings (SSSR count). The highest BCUT2D eigenvalue weighted by Gasteiger charge is 2.62. The van der Waals surface area contributed by atoms with E-state index in [-0.39, 0.29) is 10.8 Å². The van der Waals surface area contributed by atoms with Crippen molar-refractivity contribution in [3.05, 3.63) is 19.8 Å². The van der Waals surface area contributed by atoms with Crippen molar-refractivity contribution in [1.29, 1.82) is 0 Å². The largest absolute Gasteiger partial charge is 0.126 e. The van der Waals surface area contributed by atoms with Crippen LogP contribution in [0.2, 0.25) is 4.34 Å². The van der Waals surface area contributed by atoms with Crippen LogP contribution in [0.15, 0.2) is 10.5 Å². The van der Waals surface area contributed by atoms with Gasteiger partial charge in [-0.25, -0.2) is 0 Å². The summed E-state index contributed by atoms with van der Waals surface area (Å²) >= 11 is 18.5. The van der Waals surface area contributed by atoms with Crippen molar-refractivity contribution >= 4 is 50.5 Å². The Hall–Kier alpha value is 0.760. The molecule has 0 aromatic carbocycles. The van der Waals surface area contributed by atoms with Crippen LogP contribution in [0.1, 0.15) is 62.6 Å². The molecule has 0 amide bonds. The van der Waals surface area contributed by atoms with Gasteiger partial charge in [-0.1, -0.05) is 25.4 Å². The van der Waals surface area contributed by atoms with E-state index < -0.39 is 0 Å². The van der Waals surface area contributed by atoms with Gasteiger partial charge in [-0.2, -0.15) is 0 Å². The van der Waals surface area contributed by atoms with Crippen LogP contribution in [0.4, 0.5) is 0 Å². The first kappa shape index (κ1) is 15.3. The van der Waals surface area contributed by atoms with Gasteiger partial charge in [-0.3, -0.25) is 0 Å². The number of hydrogen-bond acceptors (Lipinski definition) is 1. The van der Waals surface area contributed by atoms with Crippen LogP contribution in [0.3, 0.4) is 0 Å². The molecular weight excluding hydrogens is 387 g/mol. The normalized spacial score (nSPS) is 46.0. The second kappa shape index (κ2) is 4.65. The number of rotatable bonds is 2. The average molecular weight is 408 g/mol. The molecule has 4 fully saturated rings. The van der Waals surface area contributed by atoms with E-state index in [1.54, 1.807) is 11.3 Å². The minimum atomic E-state index is 0.119. The molecule has 116 valence electrons. The van der Waals surface area contributed by atoms with Gasteiger partial charge in [-0.05, 0) is 82.7 Å². The molecule has 21 heavy (non-hydrogen) atoms. The van der Waals surface area contributed by atoms with Crippen molar-refractivity contribution in [2.45, 2.75) is 57.7 Å². The first-order valence-corrected chi connectivity index (χ1v) is 10.2. The smallest absolute Gasteiger partial charge is 0.107 e. The van der Waals surface area contributed by atoms with E-state index in [0.29, 0.717) is 10.8 Å². The van der Waals surface area contributed by atoms with E-state index in [4.69, 9.17) is 23.2 Å². The lowest BCUT2D eigenvalue weighted by atomic mass is 9.39. The molecule has 3 atom stereocenters. The minimum absolute atomic E-state index is 0.119. The quantitative estimate of drug-likeness (QED) is 0.446. The Morgan fingerprint density at radius 3 is 2.29 bits per heavy atom. The summed E-state index contributed by atoms with van der Waals surface area (Å²) in [4.78, 5) is 1.25. The number of hydrogen-bond donors (Lipinski definition) is 0. The van der Waals surface area contributed by atoms with Crippen LogP contribution in [0, 0.1) is 22.2 Å². The van der Waals surface area contributed by atoms with Crippen molar-refractivity contribution in [2.75, 3.05) is 0 Å². The summed E-state index contributed by atoms with van der Waals surface area (Å²) in [5.74, 6) is 0.886. The predicted molar refractivity (Wildman–Crippen MR) is 95.5 cm³/mol. The summed E-state index contributed by atoms with van der Waals surface area (Å²) in [7, 11) is 0. The Bertz CT molecular complexity index is 558. The molecule has 0 nitrogen and oxygen atoms in total. The molecule has 0 saturated heterocycles. The molecule has 4 aliphatic carbocycles. The topological polar surface area (TPSA) is 0 Å². The highest BCUT2D eigenvalue weighted by molar-refractivity contribution is 9.10. The van der Waals surface area contributed by atoms with Crippen molar-refractivity contribution in [3.63, 3.8) is 0 Å². The lowest BCUT2D eigenvalue weighted by Crippen LogP contribution is -2.56. The standard InChI is InChI=1S/C17H21BrCl2S/c1-15-4-10-5-16(2,7-15)9-17(6-10,8-15)13(19)12-3-11(18)14(20)21-12/h3,10,13H,4-9H2,1-2H3. The van der Waals surface area contributed by atoms with Gasteiger partial charge in [0.2, 0.25) is 0 Å². The van der Waals surface area contributed by atoms with Crippen LogP contribution in [0.25, 0.3) is 0 Å². The Morgan fingerprint density at radius 2 is 1.81 bits per heavy atom. The van der Waals surface area contributed by atoms with Gasteiger partial charge in [0.1, 0.15) is 4.34 Å². The third kappa shape index (κ3) is 2.35. The van der Waals surface area contributed by atoms with Gasteiger partial charge in [0, 0.05) is 9.35 Å². The van der Waals surface area contributed by atoms with E-state index in [1.807, 2.05) is 0 Å². The molecule has 1 heterocycles. The molecule has 4 aliphatic rings. The molecule has 0 aliphatic heterocycles. The molecular formula is C17H21BrCl2S. The van der Waals surface area contributed by atoms with Gasteiger partial charge >= 0.3 is 0 Å².